The van der Waals surface area contributed by atoms with Gasteiger partial charge >= 0.3 is 0 Å². The number of allylic oxidation sites excluding steroid dienone is 18. The number of rotatable bonds is 12. The van der Waals surface area contributed by atoms with Crippen LogP contribution in [0.3, 0.4) is 0 Å². The highest BCUT2D eigenvalue weighted by Crippen LogP contribution is 2.54. The smallest absolute Gasteiger partial charge is 0.162 e. The SMILES string of the molecule is CC(/C=C\C=C(C)\C=C\C(=O)[C@]1(C)C[C@H](O)CC1(C)C)=C/C=C/C=C(C)/C=C/C=C(C)/C=C/C(=O)[C@]1(C)C[C@H](O)CC1(C)C. The van der Waals surface area contributed by atoms with Crippen LogP contribution in [0.25, 0.3) is 0 Å². The Labute approximate surface area is 267 Å². The lowest BCUT2D eigenvalue weighted by atomic mass is 9.66. The molecule has 4 nitrogen and oxygen atoms in total. The molecule has 240 valence electrons. The molecule has 0 bridgehead atoms. The van der Waals surface area contributed by atoms with Gasteiger partial charge in [-0.3, -0.25) is 9.59 Å². The number of hydrogen-bond acceptors (Lipinski definition) is 4. The van der Waals surface area contributed by atoms with E-state index < -0.39 is 23.0 Å². The summed E-state index contributed by atoms with van der Waals surface area (Å²) in [6.07, 6.45) is 28.6. The maximum atomic E-state index is 12.9. The molecular formula is C40H56O4. The van der Waals surface area contributed by atoms with E-state index in [9.17, 15) is 19.8 Å². The monoisotopic (exact) mass is 600 g/mol. The average molecular weight is 601 g/mol. The predicted octanol–water partition coefficient (Wildman–Crippen LogP) is 9.07. The molecule has 4 atom stereocenters. The highest BCUT2D eigenvalue weighted by atomic mass is 16.3. The van der Waals surface area contributed by atoms with Gasteiger partial charge in [0.1, 0.15) is 0 Å². The van der Waals surface area contributed by atoms with Gasteiger partial charge in [0.05, 0.1) is 12.2 Å². The average Bonchev–Trinajstić information content (AvgIpc) is 3.27. The third-order valence-electron chi connectivity index (χ3n) is 10.1. The number of aliphatic hydroxyl groups excluding tert-OH is 2. The zero-order valence-electron chi connectivity index (χ0n) is 28.8. The van der Waals surface area contributed by atoms with Crippen molar-refractivity contribution in [2.24, 2.45) is 21.7 Å². The lowest BCUT2D eigenvalue weighted by Gasteiger charge is -2.35. The van der Waals surface area contributed by atoms with Crippen molar-refractivity contribution < 1.29 is 19.8 Å². The Hall–Kier alpha value is -3.08. The van der Waals surface area contributed by atoms with Crippen LogP contribution < -0.4 is 0 Å². The second-order valence-electron chi connectivity index (χ2n) is 14.7. The summed E-state index contributed by atoms with van der Waals surface area (Å²) in [4.78, 5) is 25.9. The van der Waals surface area contributed by atoms with Crippen molar-refractivity contribution >= 4 is 11.6 Å². The molecule has 44 heavy (non-hydrogen) atoms. The molecule has 0 unspecified atom stereocenters. The Morgan fingerprint density at radius 1 is 0.477 bits per heavy atom. The first-order valence-corrected chi connectivity index (χ1v) is 15.9. The Bertz CT molecular complexity index is 1230. The van der Waals surface area contributed by atoms with Gasteiger partial charge in [-0.15, -0.1) is 0 Å². The van der Waals surface area contributed by atoms with Gasteiger partial charge in [0.2, 0.25) is 0 Å². The number of hydrogen-bond donors (Lipinski definition) is 2. The summed E-state index contributed by atoms with van der Waals surface area (Å²) in [5.41, 5.74) is 2.65. The van der Waals surface area contributed by atoms with E-state index in [1.54, 1.807) is 12.2 Å². The van der Waals surface area contributed by atoms with Crippen molar-refractivity contribution in [3.63, 3.8) is 0 Å². The Kier molecular flexibility index (Phi) is 12.9. The minimum atomic E-state index is -0.542. The molecule has 0 aromatic rings. The lowest BCUT2D eigenvalue weighted by molar-refractivity contribution is -0.128. The van der Waals surface area contributed by atoms with Gasteiger partial charge in [0.25, 0.3) is 0 Å². The second kappa shape index (κ2) is 15.3. The van der Waals surface area contributed by atoms with Gasteiger partial charge in [-0.05, 0) is 76.4 Å². The number of carbonyl (C=O) groups excluding carboxylic acids is 2. The molecule has 0 spiro atoms. The third kappa shape index (κ3) is 9.71. The van der Waals surface area contributed by atoms with Crippen LogP contribution in [-0.2, 0) is 9.59 Å². The van der Waals surface area contributed by atoms with Crippen molar-refractivity contribution in [1.82, 2.24) is 0 Å². The zero-order valence-corrected chi connectivity index (χ0v) is 28.8. The van der Waals surface area contributed by atoms with Crippen LogP contribution in [0.4, 0.5) is 0 Å². The van der Waals surface area contributed by atoms with Gasteiger partial charge in [-0.2, -0.15) is 0 Å². The topological polar surface area (TPSA) is 74.6 Å². The fourth-order valence-electron chi connectivity index (χ4n) is 6.26. The molecule has 4 heteroatoms. The van der Waals surface area contributed by atoms with E-state index >= 15 is 0 Å². The fourth-order valence-corrected chi connectivity index (χ4v) is 6.26. The standard InChI is InChI=1S/C40H56O4/c1-29(17-13-19-31(3)21-23-35(43)39(9)27-33(41)25-37(39,5)6)15-11-12-16-30(2)18-14-20-32(4)22-24-36(44)40(10)28-34(42)26-38(40,7)8/h11-24,33-34,41-42H,25-28H2,1-10H3/b12-11+,17-13-,18-14+,23-21+,24-22+,29-15-,30-16+,31-19+,32-20+/t33-,34-,39+,40+/m1/s1. The molecule has 0 radical (unpaired) electrons. The molecule has 2 aliphatic carbocycles. The van der Waals surface area contributed by atoms with Crippen LogP contribution in [0, 0.1) is 21.7 Å². The first-order valence-electron chi connectivity index (χ1n) is 15.9. The van der Waals surface area contributed by atoms with Crippen LogP contribution in [0.1, 0.15) is 94.9 Å². The van der Waals surface area contributed by atoms with Gasteiger partial charge in [0, 0.05) is 10.8 Å². The maximum Gasteiger partial charge on any atom is 0.162 e. The minimum Gasteiger partial charge on any atom is -0.393 e. The molecule has 2 saturated carbocycles. The zero-order chi connectivity index (χ0) is 33.3. The van der Waals surface area contributed by atoms with Gasteiger partial charge in [-0.1, -0.05) is 137 Å². The molecule has 2 fully saturated rings. The Morgan fingerprint density at radius 2 is 0.773 bits per heavy atom. The van der Waals surface area contributed by atoms with E-state index in [-0.39, 0.29) is 22.4 Å². The van der Waals surface area contributed by atoms with Crippen LogP contribution in [0.2, 0.25) is 0 Å². The van der Waals surface area contributed by atoms with Gasteiger partial charge in [-0.25, -0.2) is 0 Å². The summed E-state index contributed by atoms with van der Waals surface area (Å²) < 4.78 is 0. The molecule has 0 aliphatic heterocycles. The van der Waals surface area contributed by atoms with Crippen LogP contribution in [0.5, 0.6) is 0 Å². The Balaban J connectivity index is 1.87. The van der Waals surface area contributed by atoms with Crippen molar-refractivity contribution in [3.8, 4) is 0 Å². The van der Waals surface area contributed by atoms with Crippen molar-refractivity contribution in [2.45, 2.75) is 107 Å². The summed E-state index contributed by atoms with van der Waals surface area (Å²) >= 11 is 0. The van der Waals surface area contributed by atoms with E-state index in [1.165, 1.54) is 0 Å². The lowest BCUT2D eigenvalue weighted by Crippen LogP contribution is -2.36. The summed E-state index contributed by atoms with van der Waals surface area (Å²) in [5, 5.41) is 20.2. The number of ketones is 2. The quantitative estimate of drug-likeness (QED) is 0.173. The highest BCUT2D eigenvalue weighted by molar-refractivity contribution is 5.96. The number of carbonyl (C=O) groups is 2. The molecule has 0 heterocycles. The van der Waals surface area contributed by atoms with E-state index in [2.05, 4.69) is 27.7 Å². The molecule has 0 aromatic heterocycles. The third-order valence-corrected chi connectivity index (χ3v) is 10.1. The number of aliphatic hydroxyl groups is 2. The van der Waals surface area contributed by atoms with Crippen molar-refractivity contribution in [2.75, 3.05) is 0 Å². The molecule has 0 aromatic carbocycles. The van der Waals surface area contributed by atoms with E-state index in [0.717, 1.165) is 22.3 Å². The molecule has 0 amide bonds. The van der Waals surface area contributed by atoms with E-state index in [0.29, 0.717) is 25.7 Å². The van der Waals surface area contributed by atoms with E-state index in [4.69, 9.17) is 0 Å². The van der Waals surface area contributed by atoms with Crippen LogP contribution in [-0.4, -0.2) is 34.0 Å². The maximum absolute atomic E-state index is 12.9. The van der Waals surface area contributed by atoms with Crippen molar-refractivity contribution in [1.29, 1.82) is 0 Å². The summed E-state index contributed by atoms with van der Waals surface area (Å²) in [6, 6.07) is 0. The first kappa shape index (κ1) is 37.1. The molecule has 2 aliphatic rings. The van der Waals surface area contributed by atoms with Crippen LogP contribution >= 0.6 is 0 Å². The first-order chi connectivity index (χ1) is 20.3. The summed E-state index contributed by atoms with van der Waals surface area (Å²) in [6.45, 7) is 20.2. The summed E-state index contributed by atoms with van der Waals surface area (Å²) in [7, 11) is 0. The van der Waals surface area contributed by atoms with Crippen molar-refractivity contribution in [3.05, 3.63) is 107 Å². The van der Waals surface area contributed by atoms with Gasteiger partial charge in [0.15, 0.2) is 11.6 Å². The summed E-state index contributed by atoms with van der Waals surface area (Å²) in [5.74, 6) is 0.148. The normalized spacial score (nSPS) is 30.3. The molecule has 2 rings (SSSR count). The predicted molar refractivity (Wildman–Crippen MR) is 185 cm³/mol. The van der Waals surface area contributed by atoms with Crippen LogP contribution in [0.15, 0.2) is 107 Å². The van der Waals surface area contributed by atoms with E-state index in [1.807, 2.05) is 114 Å². The molecule has 2 N–H and O–H groups in total. The molecule has 0 saturated heterocycles. The largest absolute Gasteiger partial charge is 0.393 e. The second-order valence-corrected chi connectivity index (χ2v) is 14.7. The highest BCUT2D eigenvalue weighted by Gasteiger charge is 2.53. The molecular weight excluding hydrogens is 544 g/mol. The fraction of sp³-hybridized carbons (Fsp3) is 0.500. The van der Waals surface area contributed by atoms with Gasteiger partial charge < -0.3 is 10.2 Å². The Morgan fingerprint density at radius 3 is 1.07 bits per heavy atom. The minimum absolute atomic E-state index is 0.0742.